The van der Waals surface area contributed by atoms with Gasteiger partial charge in [-0.2, -0.15) is 0 Å². The first-order chi connectivity index (χ1) is 11.7. The molecule has 1 aliphatic heterocycles. The highest BCUT2D eigenvalue weighted by atomic mass is 16.3. The lowest BCUT2D eigenvalue weighted by Crippen LogP contribution is -2.48. The standard InChI is InChI=1S/C19H23N3O2/c23-18-8-4-7-17(15-18)21-11-13-22(14-12-21)19(24)9-3-6-16-5-1-2-10-20-16/h1-2,4-5,7-8,10,15,23H,3,6,9,11-14H2. The van der Waals surface area contributed by atoms with Crippen molar-refractivity contribution >= 4 is 11.6 Å². The summed E-state index contributed by atoms with van der Waals surface area (Å²) in [7, 11) is 0. The van der Waals surface area contributed by atoms with Crippen LogP contribution in [0.4, 0.5) is 5.69 Å². The van der Waals surface area contributed by atoms with Crippen molar-refractivity contribution in [1.29, 1.82) is 0 Å². The van der Waals surface area contributed by atoms with Gasteiger partial charge < -0.3 is 14.9 Å². The molecule has 126 valence electrons. The number of nitrogens with zero attached hydrogens (tertiary/aromatic N) is 3. The molecule has 1 aromatic carbocycles. The number of pyridine rings is 1. The zero-order chi connectivity index (χ0) is 16.8. The van der Waals surface area contributed by atoms with Gasteiger partial charge in [0.15, 0.2) is 0 Å². The first-order valence-electron chi connectivity index (χ1n) is 8.44. The largest absolute Gasteiger partial charge is 0.508 e. The molecule has 1 saturated heterocycles. The number of amides is 1. The monoisotopic (exact) mass is 325 g/mol. The van der Waals surface area contributed by atoms with E-state index in [1.807, 2.05) is 35.2 Å². The Hall–Kier alpha value is -2.56. The maximum absolute atomic E-state index is 12.3. The maximum Gasteiger partial charge on any atom is 0.222 e. The Kier molecular flexibility index (Phi) is 5.31. The van der Waals surface area contributed by atoms with Crippen molar-refractivity contribution < 1.29 is 9.90 Å². The van der Waals surface area contributed by atoms with E-state index >= 15 is 0 Å². The second-order valence-electron chi connectivity index (χ2n) is 6.06. The molecule has 2 heterocycles. The molecule has 3 rings (SSSR count). The fourth-order valence-corrected chi connectivity index (χ4v) is 3.03. The Bertz CT molecular complexity index is 667. The number of aryl methyl sites for hydroxylation is 1. The van der Waals surface area contributed by atoms with Crippen LogP contribution in [0.1, 0.15) is 18.5 Å². The van der Waals surface area contributed by atoms with Crippen molar-refractivity contribution in [2.45, 2.75) is 19.3 Å². The molecule has 24 heavy (non-hydrogen) atoms. The average Bonchev–Trinajstić information content (AvgIpc) is 2.63. The van der Waals surface area contributed by atoms with Crippen LogP contribution >= 0.6 is 0 Å². The van der Waals surface area contributed by atoms with Crippen LogP contribution in [0.2, 0.25) is 0 Å². The Balaban J connectivity index is 1.43. The van der Waals surface area contributed by atoms with E-state index in [4.69, 9.17) is 0 Å². The lowest BCUT2D eigenvalue weighted by molar-refractivity contribution is -0.131. The highest BCUT2D eigenvalue weighted by Crippen LogP contribution is 2.21. The number of piperazine rings is 1. The van der Waals surface area contributed by atoms with Crippen molar-refractivity contribution in [3.8, 4) is 5.75 Å². The van der Waals surface area contributed by atoms with Gasteiger partial charge in [0.1, 0.15) is 5.75 Å². The molecule has 1 amide bonds. The molecule has 2 aromatic rings. The van der Waals surface area contributed by atoms with E-state index in [0.717, 1.165) is 50.4 Å². The van der Waals surface area contributed by atoms with Gasteiger partial charge in [0.05, 0.1) is 0 Å². The predicted molar refractivity (Wildman–Crippen MR) is 94.1 cm³/mol. The van der Waals surface area contributed by atoms with E-state index in [1.165, 1.54) is 0 Å². The average molecular weight is 325 g/mol. The second-order valence-corrected chi connectivity index (χ2v) is 6.06. The summed E-state index contributed by atoms with van der Waals surface area (Å²) in [5.41, 5.74) is 2.05. The number of aromatic hydroxyl groups is 1. The molecule has 0 aliphatic carbocycles. The minimum absolute atomic E-state index is 0.224. The van der Waals surface area contributed by atoms with Gasteiger partial charge in [-0.25, -0.2) is 0 Å². The first kappa shape index (κ1) is 16.3. The highest BCUT2D eigenvalue weighted by Gasteiger charge is 2.21. The molecule has 0 unspecified atom stereocenters. The third-order valence-corrected chi connectivity index (χ3v) is 4.38. The molecular formula is C19H23N3O2. The summed E-state index contributed by atoms with van der Waals surface area (Å²) in [6.45, 7) is 3.07. The van der Waals surface area contributed by atoms with Crippen LogP contribution in [0.3, 0.4) is 0 Å². The minimum atomic E-state index is 0.224. The van der Waals surface area contributed by atoms with Crippen LogP contribution in [0.5, 0.6) is 5.75 Å². The number of aromatic nitrogens is 1. The van der Waals surface area contributed by atoms with Crippen LogP contribution in [-0.2, 0) is 11.2 Å². The number of carbonyl (C=O) groups excluding carboxylic acids is 1. The quantitative estimate of drug-likeness (QED) is 0.917. The summed E-state index contributed by atoms with van der Waals surface area (Å²) in [4.78, 5) is 20.8. The third kappa shape index (κ3) is 4.25. The summed E-state index contributed by atoms with van der Waals surface area (Å²) in [5, 5.41) is 9.58. The van der Waals surface area contributed by atoms with E-state index < -0.39 is 0 Å². The van der Waals surface area contributed by atoms with Crippen LogP contribution < -0.4 is 4.90 Å². The number of hydrogen-bond acceptors (Lipinski definition) is 4. The smallest absolute Gasteiger partial charge is 0.222 e. The Labute approximate surface area is 142 Å². The van der Waals surface area contributed by atoms with Gasteiger partial charge in [-0.3, -0.25) is 9.78 Å². The molecule has 0 bridgehead atoms. The van der Waals surface area contributed by atoms with Gasteiger partial charge in [-0.15, -0.1) is 0 Å². The molecule has 1 aliphatic rings. The van der Waals surface area contributed by atoms with Crippen LogP contribution in [0, 0.1) is 0 Å². The molecule has 0 saturated carbocycles. The third-order valence-electron chi connectivity index (χ3n) is 4.38. The Morgan fingerprint density at radius 1 is 1.08 bits per heavy atom. The number of phenols is 1. The summed E-state index contributed by atoms with van der Waals surface area (Å²) in [5.74, 6) is 0.502. The van der Waals surface area contributed by atoms with E-state index in [2.05, 4.69) is 9.88 Å². The van der Waals surface area contributed by atoms with Gasteiger partial charge in [-0.05, 0) is 37.1 Å². The maximum atomic E-state index is 12.3. The van der Waals surface area contributed by atoms with E-state index in [0.29, 0.717) is 6.42 Å². The summed E-state index contributed by atoms with van der Waals surface area (Å²) in [6, 6.07) is 13.2. The summed E-state index contributed by atoms with van der Waals surface area (Å²) >= 11 is 0. The van der Waals surface area contributed by atoms with Gasteiger partial charge in [0, 0.05) is 56.2 Å². The minimum Gasteiger partial charge on any atom is -0.508 e. The van der Waals surface area contributed by atoms with Crippen LogP contribution in [-0.4, -0.2) is 47.1 Å². The number of hydrogen-bond donors (Lipinski definition) is 1. The Morgan fingerprint density at radius 3 is 2.62 bits per heavy atom. The van der Waals surface area contributed by atoms with Crippen molar-refractivity contribution in [3.05, 3.63) is 54.4 Å². The molecule has 0 radical (unpaired) electrons. The molecule has 0 atom stereocenters. The zero-order valence-corrected chi connectivity index (χ0v) is 13.8. The summed E-state index contributed by atoms with van der Waals surface area (Å²) in [6.07, 6.45) is 4.04. The molecule has 1 aromatic heterocycles. The molecule has 5 heteroatoms. The van der Waals surface area contributed by atoms with Gasteiger partial charge in [0.2, 0.25) is 5.91 Å². The molecule has 5 nitrogen and oxygen atoms in total. The lowest BCUT2D eigenvalue weighted by Gasteiger charge is -2.36. The van der Waals surface area contributed by atoms with Crippen LogP contribution in [0.15, 0.2) is 48.7 Å². The molecule has 0 spiro atoms. The van der Waals surface area contributed by atoms with Crippen molar-refractivity contribution in [1.82, 2.24) is 9.88 Å². The SMILES string of the molecule is O=C(CCCc1ccccn1)N1CCN(c2cccc(O)c2)CC1. The number of phenolic OH excluding ortho intramolecular Hbond substituents is 1. The normalized spacial score (nSPS) is 14.7. The van der Waals surface area contributed by atoms with Gasteiger partial charge in [0.25, 0.3) is 0 Å². The number of rotatable bonds is 5. The van der Waals surface area contributed by atoms with E-state index in [9.17, 15) is 9.90 Å². The van der Waals surface area contributed by atoms with E-state index in [1.54, 1.807) is 18.3 Å². The van der Waals surface area contributed by atoms with Crippen LogP contribution in [0.25, 0.3) is 0 Å². The van der Waals surface area contributed by atoms with Gasteiger partial charge >= 0.3 is 0 Å². The fraction of sp³-hybridized carbons (Fsp3) is 0.368. The topological polar surface area (TPSA) is 56.7 Å². The van der Waals surface area contributed by atoms with Crippen molar-refractivity contribution in [2.75, 3.05) is 31.1 Å². The Morgan fingerprint density at radius 2 is 1.92 bits per heavy atom. The molecule has 1 fully saturated rings. The number of carbonyl (C=O) groups is 1. The van der Waals surface area contributed by atoms with Crippen molar-refractivity contribution in [3.63, 3.8) is 0 Å². The predicted octanol–water partition coefficient (Wildman–Crippen LogP) is 2.46. The zero-order valence-electron chi connectivity index (χ0n) is 13.8. The number of benzene rings is 1. The van der Waals surface area contributed by atoms with Crippen molar-refractivity contribution in [2.24, 2.45) is 0 Å². The molecule has 1 N–H and O–H groups in total. The first-order valence-corrected chi connectivity index (χ1v) is 8.44. The van der Waals surface area contributed by atoms with E-state index in [-0.39, 0.29) is 11.7 Å². The summed E-state index contributed by atoms with van der Waals surface area (Å²) < 4.78 is 0. The second kappa shape index (κ2) is 7.81. The highest BCUT2D eigenvalue weighted by molar-refractivity contribution is 5.76. The van der Waals surface area contributed by atoms with Gasteiger partial charge in [-0.1, -0.05) is 12.1 Å². The lowest BCUT2D eigenvalue weighted by atomic mass is 10.1. The fourth-order valence-electron chi connectivity index (χ4n) is 3.03. The number of anilines is 1. The molecular weight excluding hydrogens is 302 g/mol.